The molecule has 2 aliphatic heterocycles. The van der Waals surface area contributed by atoms with E-state index in [1.807, 2.05) is 12.1 Å². The highest BCUT2D eigenvalue weighted by Gasteiger charge is 2.57. The fraction of sp³-hybridized carbons (Fsp3) is 0.500. The zero-order valence-electron chi connectivity index (χ0n) is 15.4. The zero-order valence-corrected chi connectivity index (χ0v) is 17.0. The van der Waals surface area contributed by atoms with Gasteiger partial charge in [0.1, 0.15) is 18.3 Å². The van der Waals surface area contributed by atoms with Crippen LogP contribution in [0.25, 0.3) is 0 Å². The first-order valence-corrected chi connectivity index (χ1v) is 10.2. The van der Waals surface area contributed by atoms with Crippen molar-refractivity contribution in [1.82, 2.24) is 0 Å². The molecule has 0 unspecified atom stereocenters. The van der Waals surface area contributed by atoms with Gasteiger partial charge < -0.3 is 24.8 Å². The summed E-state index contributed by atoms with van der Waals surface area (Å²) >= 11 is 8.24. The van der Waals surface area contributed by atoms with Crippen molar-refractivity contribution in [3.05, 3.63) is 55.2 Å². The third-order valence-corrected chi connectivity index (χ3v) is 7.08. The van der Waals surface area contributed by atoms with Gasteiger partial charge in [-0.1, -0.05) is 11.6 Å². The van der Waals surface area contributed by atoms with Crippen LogP contribution in [-0.2, 0) is 28.3 Å². The average molecular weight is 411 g/mol. The van der Waals surface area contributed by atoms with Crippen molar-refractivity contribution in [2.75, 3.05) is 0 Å². The number of benzene rings is 1. The minimum Gasteiger partial charge on any atom is -0.388 e. The highest BCUT2D eigenvalue weighted by molar-refractivity contribution is 7.12. The average Bonchev–Trinajstić information content (AvgIpc) is 3.12. The molecule has 4 rings (SSSR count). The number of hydrogen-bond donors (Lipinski definition) is 3. The van der Waals surface area contributed by atoms with Crippen LogP contribution in [0.2, 0.25) is 5.02 Å². The van der Waals surface area contributed by atoms with Gasteiger partial charge in [-0.2, -0.15) is 0 Å². The Bertz CT molecular complexity index is 862. The second-order valence-electron chi connectivity index (χ2n) is 7.43. The van der Waals surface area contributed by atoms with Gasteiger partial charge in [0, 0.05) is 26.8 Å². The van der Waals surface area contributed by atoms with Gasteiger partial charge in [0.2, 0.25) is 5.79 Å². The van der Waals surface area contributed by atoms with E-state index in [1.165, 1.54) is 15.3 Å². The van der Waals surface area contributed by atoms with Crippen molar-refractivity contribution in [3.63, 3.8) is 0 Å². The molecule has 5 nitrogen and oxygen atoms in total. The van der Waals surface area contributed by atoms with Crippen molar-refractivity contribution < 1.29 is 24.8 Å². The molecule has 1 saturated heterocycles. The van der Waals surface area contributed by atoms with Crippen LogP contribution in [0, 0.1) is 13.8 Å². The van der Waals surface area contributed by atoms with Crippen molar-refractivity contribution in [2.45, 2.75) is 64.0 Å². The van der Waals surface area contributed by atoms with E-state index in [1.54, 1.807) is 18.3 Å². The summed E-state index contributed by atoms with van der Waals surface area (Å²) in [5, 5.41) is 31.6. The number of rotatable bonds is 2. The molecule has 3 heterocycles. The molecule has 146 valence electrons. The van der Waals surface area contributed by atoms with Crippen molar-refractivity contribution in [1.29, 1.82) is 0 Å². The van der Waals surface area contributed by atoms with Crippen LogP contribution in [0.4, 0.5) is 0 Å². The molecule has 3 N–H and O–H groups in total. The van der Waals surface area contributed by atoms with Crippen LogP contribution in [0.1, 0.15) is 38.9 Å². The van der Waals surface area contributed by atoms with Crippen LogP contribution in [0.15, 0.2) is 18.2 Å². The topological polar surface area (TPSA) is 79.2 Å². The monoisotopic (exact) mass is 410 g/mol. The Kier molecular flexibility index (Phi) is 4.88. The minimum atomic E-state index is -1.49. The number of aliphatic hydroxyl groups excluding tert-OH is 3. The number of halogens is 1. The van der Waals surface area contributed by atoms with Gasteiger partial charge in [-0.15, -0.1) is 11.3 Å². The summed E-state index contributed by atoms with van der Waals surface area (Å²) in [5.41, 5.74) is 3.64. The first kappa shape index (κ1) is 19.3. The Balaban J connectivity index is 1.74. The fourth-order valence-corrected chi connectivity index (χ4v) is 5.20. The van der Waals surface area contributed by atoms with E-state index >= 15 is 0 Å². The predicted molar refractivity (Wildman–Crippen MR) is 103 cm³/mol. The molecule has 0 amide bonds. The molecule has 1 fully saturated rings. The molecule has 2 aliphatic rings. The molecule has 7 heteroatoms. The van der Waals surface area contributed by atoms with Gasteiger partial charge in [-0.3, -0.25) is 0 Å². The first-order chi connectivity index (χ1) is 12.7. The minimum absolute atomic E-state index is 0.221. The molecule has 1 aromatic carbocycles. The van der Waals surface area contributed by atoms with Crippen LogP contribution in [0.5, 0.6) is 0 Å². The molecule has 1 spiro atoms. The van der Waals surface area contributed by atoms with E-state index in [4.69, 9.17) is 21.1 Å². The van der Waals surface area contributed by atoms with Gasteiger partial charge >= 0.3 is 0 Å². The molecule has 0 aliphatic carbocycles. The SMILES string of the molecule is Cc1cc(Cc2cc3c(cc2Cl)CO[C@]32O[C@H](C)[C@@H](O)[C@H](O)[C@H]2O)sc1C. The number of aliphatic hydroxyl groups is 3. The molecular formula is C20H23ClO5S. The summed E-state index contributed by atoms with van der Waals surface area (Å²) in [6.45, 7) is 6.05. The Hall–Kier alpha value is -0.990. The van der Waals surface area contributed by atoms with Crippen LogP contribution in [0.3, 0.4) is 0 Å². The molecule has 0 saturated carbocycles. The maximum Gasteiger partial charge on any atom is 0.225 e. The third-order valence-electron chi connectivity index (χ3n) is 5.58. The van der Waals surface area contributed by atoms with Gasteiger partial charge in [-0.05, 0) is 55.7 Å². The van der Waals surface area contributed by atoms with Gasteiger partial charge in [0.25, 0.3) is 0 Å². The highest BCUT2D eigenvalue weighted by atomic mass is 35.5. The summed E-state index contributed by atoms with van der Waals surface area (Å²) in [4.78, 5) is 2.48. The smallest absolute Gasteiger partial charge is 0.225 e. The summed E-state index contributed by atoms with van der Waals surface area (Å²) in [6.07, 6.45) is -3.96. The predicted octanol–water partition coefficient (Wildman–Crippen LogP) is 2.79. The van der Waals surface area contributed by atoms with E-state index in [0.717, 1.165) is 11.1 Å². The lowest BCUT2D eigenvalue weighted by molar-refractivity contribution is -0.362. The Morgan fingerprint density at radius 1 is 1.19 bits per heavy atom. The van der Waals surface area contributed by atoms with E-state index < -0.39 is 30.2 Å². The molecule has 2 aromatic rings. The summed E-state index contributed by atoms with van der Waals surface area (Å²) < 4.78 is 11.7. The second kappa shape index (κ2) is 6.81. The summed E-state index contributed by atoms with van der Waals surface area (Å²) in [7, 11) is 0. The maximum absolute atomic E-state index is 10.7. The van der Waals surface area contributed by atoms with Crippen LogP contribution >= 0.6 is 22.9 Å². The summed E-state index contributed by atoms with van der Waals surface area (Å²) in [5.74, 6) is -1.49. The Labute approximate surface area is 167 Å². The highest BCUT2D eigenvalue weighted by Crippen LogP contribution is 2.47. The first-order valence-electron chi connectivity index (χ1n) is 8.96. The number of aryl methyl sites for hydroxylation is 2. The van der Waals surface area contributed by atoms with E-state index in [0.29, 0.717) is 17.0 Å². The lowest BCUT2D eigenvalue weighted by Crippen LogP contribution is -2.62. The number of thiophene rings is 1. The molecule has 5 atom stereocenters. The van der Waals surface area contributed by atoms with Gasteiger partial charge in [0.15, 0.2) is 0 Å². The molecular weight excluding hydrogens is 388 g/mol. The van der Waals surface area contributed by atoms with Crippen LogP contribution < -0.4 is 0 Å². The second-order valence-corrected chi connectivity index (χ2v) is 9.18. The van der Waals surface area contributed by atoms with E-state index in [9.17, 15) is 15.3 Å². The Morgan fingerprint density at radius 3 is 2.59 bits per heavy atom. The van der Waals surface area contributed by atoms with Gasteiger partial charge in [0.05, 0.1) is 12.7 Å². The van der Waals surface area contributed by atoms with Gasteiger partial charge in [-0.25, -0.2) is 0 Å². The lowest BCUT2D eigenvalue weighted by Gasteiger charge is -2.45. The van der Waals surface area contributed by atoms with E-state index in [2.05, 4.69) is 19.9 Å². The largest absolute Gasteiger partial charge is 0.388 e. The van der Waals surface area contributed by atoms with Crippen molar-refractivity contribution in [2.24, 2.45) is 0 Å². The Morgan fingerprint density at radius 2 is 1.93 bits per heavy atom. The van der Waals surface area contributed by atoms with E-state index in [-0.39, 0.29) is 6.61 Å². The third kappa shape index (κ3) is 3.04. The number of hydrogen-bond acceptors (Lipinski definition) is 6. The fourth-order valence-electron chi connectivity index (χ4n) is 3.87. The lowest BCUT2D eigenvalue weighted by atomic mass is 9.87. The maximum atomic E-state index is 10.7. The van der Waals surface area contributed by atoms with Crippen molar-refractivity contribution in [3.8, 4) is 0 Å². The molecule has 27 heavy (non-hydrogen) atoms. The van der Waals surface area contributed by atoms with Crippen LogP contribution in [-0.4, -0.2) is 39.7 Å². The van der Waals surface area contributed by atoms with Crippen molar-refractivity contribution >= 4 is 22.9 Å². The number of ether oxygens (including phenoxy) is 2. The molecule has 1 aromatic heterocycles. The zero-order chi connectivity index (χ0) is 19.5. The standard InChI is InChI=1S/C20H23ClO5S/c1-9-4-14(27-11(9)3)5-12-6-15-13(7-16(12)21)8-25-20(15)19(24)18(23)17(22)10(2)26-20/h4,6-7,10,17-19,22-24H,5,8H2,1-3H3/t10-,17-,18+,19-,20+/m1/s1. The quantitative estimate of drug-likeness (QED) is 0.709. The molecule has 0 bridgehead atoms. The number of fused-ring (bicyclic) bond motifs is 2. The molecule has 0 radical (unpaired) electrons. The normalized spacial score (nSPS) is 32.9. The summed E-state index contributed by atoms with van der Waals surface area (Å²) in [6, 6.07) is 5.89.